The summed E-state index contributed by atoms with van der Waals surface area (Å²) in [4.78, 5) is 45.1. The van der Waals surface area contributed by atoms with Crippen LogP contribution in [0.3, 0.4) is 0 Å². The molecule has 3 aliphatic rings. The van der Waals surface area contributed by atoms with Crippen LogP contribution in [-0.4, -0.2) is 70.8 Å². The maximum absolute atomic E-state index is 14.6. The third kappa shape index (κ3) is 4.08. The van der Waals surface area contributed by atoms with Gasteiger partial charge < -0.3 is 24.4 Å². The van der Waals surface area contributed by atoms with E-state index in [4.69, 9.17) is 21.1 Å². The van der Waals surface area contributed by atoms with Crippen LogP contribution < -0.4 is 4.90 Å². The Morgan fingerprint density at radius 3 is 2.68 bits per heavy atom. The largest absolute Gasteiger partial charge is 0.465 e. The van der Waals surface area contributed by atoms with E-state index in [9.17, 15) is 19.5 Å². The molecule has 1 N–H and O–H groups in total. The average molecular weight is 545 g/mol. The molecule has 0 aromatic heterocycles. The lowest BCUT2D eigenvalue weighted by Gasteiger charge is -2.39. The summed E-state index contributed by atoms with van der Waals surface area (Å²) in [7, 11) is 0. The van der Waals surface area contributed by atoms with Crippen molar-refractivity contribution in [1.82, 2.24) is 4.90 Å². The molecule has 0 saturated carbocycles. The molecule has 2 amide bonds. The summed E-state index contributed by atoms with van der Waals surface area (Å²) in [5, 5.41) is 10.5. The van der Waals surface area contributed by atoms with E-state index in [2.05, 4.69) is 13.2 Å². The van der Waals surface area contributed by atoms with E-state index in [1.165, 1.54) is 9.80 Å². The first-order valence-electron chi connectivity index (χ1n) is 13.1. The summed E-state index contributed by atoms with van der Waals surface area (Å²) >= 11 is 6.58. The van der Waals surface area contributed by atoms with Gasteiger partial charge in [-0.2, -0.15) is 0 Å². The van der Waals surface area contributed by atoms with Crippen LogP contribution in [-0.2, 0) is 23.9 Å². The molecule has 38 heavy (non-hydrogen) atoms. The number of benzene rings is 1. The van der Waals surface area contributed by atoms with Crippen molar-refractivity contribution in [2.24, 2.45) is 17.8 Å². The van der Waals surface area contributed by atoms with Crippen molar-refractivity contribution >= 4 is 35.1 Å². The number of aliphatic hydroxyl groups excluding tert-OH is 1. The fraction of sp³-hybridized carbons (Fsp3) is 0.552. The number of carbonyl (C=O) groups excluding carboxylic acids is 3. The number of aliphatic hydroxyl groups is 1. The normalized spacial score (nSPS) is 32.2. The van der Waals surface area contributed by atoms with Gasteiger partial charge in [-0.25, -0.2) is 0 Å². The lowest BCUT2D eigenvalue weighted by Crippen LogP contribution is -2.58. The molecule has 1 spiro atoms. The zero-order valence-electron chi connectivity index (χ0n) is 22.5. The number of anilines is 1. The molecule has 0 radical (unpaired) electrons. The van der Waals surface area contributed by atoms with Crippen LogP contribution in [0.15, 0.2) is 43.5 Å². The summed E-state index contributed by atoms with van der Waals surface area (Å²) in [6.07, 6.45) is 4.15. The number of hydrogen-bond acceptors (Lipinski definition) is 6. The van der Waals surface area contributed by atoms with Gasteiger partial charge in [0.1, 0.15) is 17.6 Å². The monoisotopic (exact) mass is 544 g/mol. The Kier molecular flexibility index (Phi) is 7.81. The van der Waals surface area contributed by atoms with Gasteiger partial charge in [-0.15, -0.1) is 13.2 Å². The fourth-order valence-corrected chi connectivity index (χ4v) is 7.07. The second kappa shape index (κ2) is 10.5. The Morgan fingerprint density at radius 2 is 2.08 bits per heavy atom. The molecule has 3 unspecified atom stereocenters. The fourth-order valence-electron chi connectivity index (χ4n) is 6.74. The highest BCUT2D eigenvalue weighted by molar-refractivity contribution is 6.34. The molecule has 3 fully saturated rings. The second-order valence-corrected chi connectivity index (χ2v) is 11.3. The third-order valence-electron chi connectivity index (χ3n) is 8.58. The molecule has 0 aliphatic carbocycles. The second-order valence-electron chi connectivity index (χ2n) is 10.9. The molecule has 8 nitrogen and oxygen atoms in total. The molecule has 9 heteroatoms. The SMILES string of the molecule is C=CCCOC(=O)[C@@H]1[C@H]2C(=O)N([C@H](C)CO)C(C(=O)N(CC=C)c3c(C)cccc3Cl)C23CC(C)[C@@]1(C)O3. The Morgan fingerprint density at radius 1 is 1.37 bits per heavy atom. The van der Waals surface area contributed by atoms with Gasteiger partial charge in [-0.3, -0.25) is 14.4 Å². The summed E-state index contributed by atoms with van der Waals surface area (Å²) in [6, 6.07) is 3.61. The van der Waals surface area contributed by atoms with Crippen LogP contribution >= 0.6 is 11.6 Å². The zero-order chi connectivity index (χ0) is 28.0. The number of amides is 2. The van der Waals surface area contributed by atoms with E-state index in [1.807, 2.05) is 26.8 Å². The standard InChI is InChI=1S/C29H37ClN2O6/c1-7-9-14-37-27(36)22-21-25(34)32(19(5)16-33)24(29(21)15-18(4)28(22,6)38-29)26(35)31(13-8-2)23-17(3)11-10-12-20(23)30/h7-8,10-12,18-19,21-22,24,33H,1-2,9,13-16H2,3-6H3/t18?,19-,21+,22+,24?,28-,29?/m1/s1. The molecule has 3 aliphatic heterocycles. The number of para-hydroxylation sites is 1. The van der Waals surface area contributed by atoms with Crippen LogP contribution in [0.2, 0.25) is 5.02 Å². The Labute approximate surface area is 229 Å². The highest BCUT2D eigenvalue weighted by Gasteiger charge is 2.80. The number of carbonyl (C=O) groups is 3. The van der Waals surface area contributed by atoms with Crippen LogP contribution in [0.1, 0.15) is 39.2 Å². The van der Waals surface area contributed by atoms with Crippen molar-refractivity contribution < 1.29 is 29.0 Å². The van der Waals surface area contributed by atoms with Gasteiger partial charge in [-0.05, 0) is 51.2 Å². The molecule has 3 heterocycles. The van der Waals surface area contributed by atoms with Gasteiger partial charge in [0.15, 0.2) is 0 Å². The lowest BCUT2D eigenvalue weighted by atomic mass is 9.62. The maximum atomic E-state index is 14.6. The first-order valence-corrected chi connectivity index (χ1v) is 13.5. The predicted molar refractivity (Wildman–Crippen MR) is 145 cm³/mol. The van der Waals surface area contributed by atoms with E-state index >= 15 is 0 Å². The summed E-state index contributed by atoms with van der Waals surface area (Å²) in [5.74, 6) is -3.23. The molecular formula is C29H37ClN2O6. The highest BCUT2D eigenvalue weighted by atomic mass is 35.5. The minimum Gasteiger partial charge on any atom is -0.465 e. The minimum atomic E-state index is -1.26. The molecule has 206 valence electrons. The van der Waals surface area contributed by atoms with Gasteiger partial charge in [0, 0.05) is 6.54 Å². The Balaban J connectivity index is 1.85. The number of rotatable bonds is 10. The zero-order valence-corrected chi connectivity index (χ0v) is 23.2. The molecular weight excluding hydrogens is 508 g/mol. The van der Waals surface area contributed by atoms with E-state index in [1.54, 1.807) is 31.2 Å². The van der Waals surface area contributed by atoms with Crippen molar-refractivity contribution in [3.05, 3.63) is 54.1 Å². The van der Waals surface area contributed by atoms with Gasteiger partial charge in [-0.1, -0.05) is 42.8 Å². The van der Waals surface area contributed by atoms with E-state index in [-0.39, 0.29) is 31.6 Å². The number of fused-ring (bicyclic) bond motifs is 1. The first-order chi connectivity index (χ1) is 18.0. The number of halogens is 1. The van der Waals surface area contributed by atoms with Gasteiger partial charge >= 0.3 is 5.97 Å². The topological polar surface area (TPSA) is 96.4 Å². The Hall–Kier alpha value is -2.68. The van der Waals surface area contributed by atoms with Gasteiger partial charge in [0.2, 0.25) is 5.91 Å². The van der Waals surface area contributed by atoms with E-state index in [0.29, 0.717) is 23.6 Å². The average Bonchev–Trinajstić information content (AvgIpc) is 3.39. The maximum Gasteiger partial charge on any atom is 0.312 e. The third-order valence-corrected chi connectivity index (χ3v) is 8.89. The molecule has 3 saturated heterocycles. The summed E-state index contributed by atoms with van der Waals surface area (Å²) < 4.78 is 12.3. The molecule has 7 atom stereocenters. The first kappa shape index (κ1) is 28.3. The van der Waals surface area contributed by atoms with Crippen molar-refractivity contribution in [1.29, 1.82) is 0 Å². The van der Waals surface area contributed by atoms with Gasteiger partial charge in [0.05, 0.1) is 41.5 Å². The van der Waals surface area contributed by atoms with E-state index in [0.717, 1.165) is 5.56 Å². The van der Waals surface area contributed by atoms with Crippen LogP contribution in [0.5, 0.6) is 0 Å². The van der Waals surface area contributed by atoms with Crippen LogP contribution in [0, 0.1) is 24.7 Å². The number of likely N-dealkylation sites (tertiary alicyclic amines) is 1. The van der Waals surface area contributed by atoms with Crippen LogP contribution in [0.25, 0.3) is 0 Å². The number of ether oxygens (including phenoxy) is 2. The predicted octanol–water partition coefficient (Wildman–Crippen LogP) is 3.68. The molecule has 1 aromatic rings. The van der Waals surface area contributed by atoms with Gasteiger partial charge in [0.25, 0.3) is 5.91 Å². The Bertz CT molecular complexity index is 1140. The number of esters is 1. The molecule has 1 aromatic carbocycles. The minimum absolute atomic E-state index is 0.127. The molecule has 2 bridgehead atoms. The number of nitrogens with zero attached hydrogens (tertiary/aromatic N) is 2. The van der Waals surface area contributed by atoms with Crippen molar-refractivity contribution in [3.8, 4) is 0 Å². The number of hydrogen-bond donors (Lipinski definition) is 1. The summed E-state index contributed by atoms with van der Waals surface area (Å²) in [6.45, 7) is 14.8. The van der Waals surface area contributed by atoms with Crippen LogP contribution in [0.4, 0.5) is 5.69 Å². The van der Waals surface area contributed by atoms with Crippen molar-refractivity contribution in [3.63, 3.8) is 0 Å². The highest BCUT2D eigenvalue weighted by Crippen LogP contribution is 2.65. The quantitative estimate of drug-likeness (QED) is 0.274. The van der Waals surface area contributed by atoms with Crippen molar-refractivity contribution in [2.45, 2.75) is 63.8 Å². The van der Waals surface area contributed by atoms with E-state index < -0.39 is 47.0 Å². The lowest BCUT2D eigenvalue weighted by molar-refractivity contribution is -0.162. The van der Waals surface area contributed by atoms with Crippen molar-refractivity contribution in [2.75, 3.05) is 24.7 Å². The number of aryl methyl sites for hydroxylation is 1. The smallest absolute Gasteiger partial charge is 0.312 e. The summed E-state index contributed by atoms with van der Waals surface area (Å²) in [5.41, 5.74) is -0.936. The molecule has 4 rings (SSSR count).